The molecule has 0 saturated carbocycles. The fourth-order valence-electron chi connectivity index (χ4n) is 3.36. The van der Waals surface area contributed by atoms with Gasteiger partial charge in [-0.2, -0.15) is 5.10 Å². The molecule has 1 N–H and O–H groups in total. The number of fused-ring (bicyclic) bond motifs is 1. The molecule has 4 rings (SSSR count). The third-order valence-corrected chi connectivity index (χ3v) is 4.72. The SMILES string of the molecule is CCOc1ncccc1-c1cc(NCc2ncccn2)c2c(C(C)C)nc(C)n2n1. The molecule has 0 aliphatic carbocycles. The second kappa shape index (κ2) is 8.44. The molecule has 8 heteroatoms. The Kier molecular flexibility index (Phi) is 5.56. The maximum Gasteiger partial charge on any atom is 0.222 e. The van der Waals surface area contributed by atoms with Gasteiger partial charge in [0.1, 0.15) is 17.2 Å². The lowest BCUT2D eigenvalue weighted by Crippen LogP contribution is -2.08. The van der Waals surface area contributed by atoms with Gasteiger partial charge in [-0.25, -0.2) is 24.5 Å². The number of aryl methyl sites for hydroxylation is 1. The van der Waals surface area contributed by atoms with Crippen molar-refractivity contribution in [1.82, 2.24) is 29.5 Å². The Hall–Kier alpha value is -3.55. The monoisotopic (exact) mass is 403 g/mol. The normalized spacial score (nSPS) is 11.2. The second-order valence-electron chi connectivity index (χ2n) is 7.21. The van der Waals surface area contributed by atoms with Gasteiger partial charge in [0.05, 0.1) is 35.8 Å². The molecule has 4 aromatic heterocycles. The van der Waals surface area contributed by atoms with E-state index >= 15 is 0 Å². The molecule has 4 heterocycles. The van der Waals surface area contributed by atoms with Crippen molar-refractivity contribution in [1.29, 1.82) is 0 Å². The molecular formula is C22H25N7O. The lowest BCUT2D eigenvalue weighted by molar-refractivity contribution is 0.328. The van der Waals surface area contributed by atoms with Crippen LogP contribution in [0.25, 0.3) is 16.8 Å². The molecule has 0 aliphatic heterocycles. The van der Waals surface area contributed by atoms with E-state index in [4.69, 9.17) is 14.8 Å². The van der Waals surface area contributed by atoms with Crippen LogP contribution in [0.2, 0.25) is 0 Å². The second-order valence-corrected chi connectivity index (χ2v) is 7.21. The molecular weight excluding hydrogens is 378 g/mol. The zero-order chi connectivity index (χ0) is 21.1. The van der Waals surface area contributed by atoms with Gasteiger partial charge in [-0.3, -0.25) is 0 Å². The van der Waals surface area contributed by atoms with E-state index in [1.165, 1.54) is 0 Å². The number of ether oxygens (including phenoxy) is 1. The minimum atomic E-state index is 0.257. The van der Waals surface area contributed by atoms with E-state index in [0.29, 0.717) is 24.9 Å². The molecule has 0 spiro atoms. The average Bonchev–Trinajstić information content (AvgIpc) is 3.10. The van der Waals surface area contributed by atoms with Gasteiger partial charge in [-0.15, -0.1) is 0 Å². The quantitative estimate of drug-likeness (QED) is 0.498. The van der Waals surface area contributed by atoms with E-state index in [2.05, 4.69) is 34.1 Å². The Morgan fingerprint density at radius 1 is 1.10 bits per heavy atom. The topological polar surface area (TPSA) is 90.1 Å². The molecule has 8 nitrogen and oxygen atoms in total. The highest BCUT2D eigenvalue weighted by Crippen LogP contribution is 2.33. The van der Waals surface area contributed by atoms with Gasteiger partial charge >= 0.3 is 0 Å². The van der Waals surface area contributed by atoms with Crippen LogP contribution in [0.4, 0.5) is 5.69 Å². The van der Waals surface area contributed by atoms with Crippen LogP contribution in [0.15, 0.2) is 42.9 Å². The summed E-state index contributed by atoms with van der Waals surface area (Å²) in [5.41, 5.74) is 4.47. The molecule has 0 aromatic carbocycles. The van der Waals surface area contributed by atoms with E-state index < -0.39 is 0 Å². The molecule has 0 fully saturated rings. The molecule has 0 aliphatic rings. The smallest absolute Gasteiger partial charge is 0.222 e. The first-order valence-electron chi connectivity index (χ1n) is 10.1. The largest absolute Gasteiger partial charge is 0.477 e. The van der Waals surface area contributed by atoms with Crippen LogP contribution in [-0.4, -0.2) is 36.2 Å². The van der Waals surface area contributed by atoms with Crippen LogP contribution in [0.5, 0.6) is 5.88 Å². The molecule has 154 valence electrons. The van der Waals surface area contributed by atoms with Crippen molar-refractivity contribution in [3.05, 3.63) is 60.2 Å². The Morgan fingerprint density at radius 3 is 2.60 bits per heavy atom. The van der Waals surface area contributed by atoms with Crippen molar-refractivity contribution in [3.63, 3.8) is 0 Å². The highest BCUT2D eigenvalue weighted by Gasteiger charge is 2.20. The van der Waals surface area contributed by atoms with Gasteiger partial charge in [0.15, 0.2) is 0 Å². The third-order valence-electron chi connectivity index (χ3n) is 4.72. The Bertz CT molecular complexity index is 1160. The molecule has 4 aromatic rings. The van der Waals surface area contributed by atoms with Gasteiger partial charge in [0.2, 0.25) is 5.88 Å². The summed E-state index contributed by atoms with van der Waals surface area (Å²) < 4.78 is 7.62. The summed E-state index contributed by atoms with van der Waals surface area (Å²) in [5, 5.41) is 8.36. The Morgan fingerprint density at radius 2 is 1.87 bits per heavy atom. The highest BCUT2D eigenvalue weighted by molar-refractivity contribution is 5.80. The van der Waals surface area contributed by atoms with Crippen LogP contribution in [0.1, 0.15) is 44.0 Å². The first kappa shape index (κ1) is 19.8. The van der Waals surface area contributed by atoms with Crippen LogP contribution in [0, 0.1) is 6.92 Å². The van der Waals surface area contributed by atoms with Gasteiger partial charge in [0.25, 0.3) is 0 Å². The lowest BCUT2D eigenvalue weighted by Gasteiger charge is -2.14. The number of aromatic nitrogens is 6. The van der Waals surface area contributed by atoms with E-state index in [1.54, 1.807) is 24.7 Å². The molecule has 30 heavy (non-hydrogen) atoms. The van der Waals surface area contributed by atoms with Crippen molar-refractivity contribution >= 4 is 11.2 Å². The van der Waals surface area contributed by atoms with Crippen molar-refractivity contribution in [2.45, 2.75) is 40.2 Å². The van der Waals surface area contributed by atoms with Crippen molar-refractivity contribution in [3.8, 4) is 17.1 Å². The number of imidazole rings is 1. The first-order chi connectivity index (χ1) is 14.6. The number of nitrogens with zero attached hydrogens (tertiary/aromatic N) is 6. The summed E-state index contributed by atoms with van der Waals surface area (Å²) >= 11 is 0. The fourth-order valence-corrected chi connectivity index (χ4v) is 3.36. The summed E-state index contributed by atoms with van der Waals surface area (Å²) in [6.45, 7) is 9.20. The first-order valence-corrected chi connectivity index (χ1v) is 10.1. The average molecular weight is 403 g/mol. The molecule has 0 amide bonds. The van der Waals surface area contributed by atoms with Crippen molar-refractivity contribution < 1.29 is 4.74 Å². The zero-order valence-electron chi connectivity index (χ0n) is 17.6. The third kappa shape index (κ3) is 3.80. The van der Waals surface area contributed by atoms with Gasteiger partial charge in [-0.1, -0.05) is 13.8 Å². The summed E-state index contributed by atoms with van der Waals surface area (Å²) in [5.74, 6) is 2.36. The van der Waals surface area contributed by atoms with Crippen molar-refractivity contribution in [2.24, 2.45) is 0 Å². The molecule has 0 saturated heterocycles. The molecule has 0 bridgehead atoms. The van der Waals surface area contributed by atoms with Gasteiger partial charge < -0.3 is 10.1 Å². The van der Waals surface area contributed by atoms with E-state index in [1.807, 2.05) is 36.6 Å². The van der Waals surface area contributed by atoms with E-state index in [9.17, 15) is 0 Å². The predicted octanol–water partition coefficient (Wildman–Crippen LogP) is 4.02. The van der Waals surface area contributed by atoms with E-state index in [-0.39, 0.29) is 5.92 Å². The van der Waals surface area contributed by atoms with Crippen molar-refractivity contribution in [2.75, 3.05) is 11.9 Å². The molecule has 0 atom stereocenters. The Balaban J connectivity index is 1.86. The maximum absolute atomic E-state index is 5.73. The van der Waals surface area contributed by atoms with Crippen LogP contribution < -0.4 is 10.1 Å². The van der Waals surface area contributed by atoms with Crippen LogP contribution in [0.3, 0.4) is 0 Å². The number of nitrogens with one attached hydrogen (secondary N) is 1. The summed E-state index contributed by atoms with van der Waals surface area (Å²) in [7, 11) is 0. The lowest BCUT2D eigenvalue weighted by atomic mass is 10.1. The predicted molar refractivity (Wildman–Crippen MR) is 116 cm³/mol. The Labute approximate surface area is 175 Å². The maximum atomic E-state index is 5.73. The van der Waals surface area contributed by atoms with Crippen LogP contribution in [-0.2, 0) is 6.54 Å². The number of rotatable bonds is 7. The zero-order valence-corrected chi connectivity index (χ0v) is 17.6. The number of hydrogen-bond donors (Lipinski definition) is 1. The van der Waals surface area contributed by atoms with Gasteiger partial charge in [-0.05, 0) is 44.0 Å². The van der Waals surface area contributed by atoms with Crippen LogP contribution >= 0.6 is 0 Å². The van der Waals surface area contributed by atoms with Gasteiger partial charge in [0, 0.05) is 18.6 Å². The fraction of sp³-hybridized carbons (Fsp3) is 0.318. The molecule has 0 radical (unpaired) electrons. The standard InChI is InChI=1S/C22H25N7O/c1-5-30-22-16(8-6-9-25-22)17-12-18(26-13-19-23-10-7-11-24-19)21-20(14(2)3)27-15(4)29(21)28-17/h6-12,14,26H,5,13H2,1-4H3. The minimum Gasteiger partial charge on any atom is -0.477 e. The van der Waals surface area contributed by atoms with E-state index in [0.717, 1.165) is 34.0 Å². The highest BCUT2D eigenvalue weighted by atomic mass is 16.5. The summed E-state index contributed by atoms with van der Waals surface area (Å²) in [6, 6.07) is 7.67. The number of anilines is 1. The summed E-state index contributed by atoms with van der Waals surface area (Å²) in [4.78, 5) is 17.8. The number of pyridine rings is 1. The summed E-state index contributed by atoms with van der Waals surface area (Å²) in [6.07, 6.45) is 5.20. The minimum absolute atomic E-state index is 0.257. The molecule has 0 unspecified atom stereocenters. The number of hydrogen-bond acceptors (Lipinski definition) is 7.